The predicted molar refractivity (Wildman–Crippen MR) is 67.8 cm³/mol. The topological polar surface area (TPSA) is 28.7 Å². The third kappa shape index (κ3) is 58.9. The summed E-state index contributed by atoms with van der Waals surface area (Å²) >= 11 is 0. The van der Waals surface area contributed by atoms with Crippen molar-refractivity contribution in [1.82, 2.24) is 10.2 Å². The number of hydrogen-bond acceptors (Lipinski definition) is 1. The Morgan fingerprint density at radius 1 is 0.708 bits per heavy atom. The summed E-state index contributed by atoms with van der Waals surface area (Å²) < 4.78 is 117. The van der Waals surface area contributed by atoms with E-state index in [1.165, 1.54) is 0 Å². The Labute approximate surface area is 129 Å². The monoisotopic (exact) mass is 385 g/mol. The average molecular weight is 385 g/mol. The first kappa shape index (κ1) is 27.4. The van der Waals surface area contributed by atoms with Crippen LogP contribution in [0.5, 0.6) is 0 Å². The van der Waals surface area contributed by atoms with Gasteiger partial charge in [0.15, 0.2) is 0 Å². The summed E-state index contributed by atoms with van der Waals surface area (Å²) in [5, 5.41) is 6.85. The second-order valence-corrected chi connectivity index (χ2v) is 4.69. The van der Waals surface area contributed by atoms with Gasteiger partial charge in [-0.2, -0.15) is 5.10 Å². The number of halogens is 12. The van der Waals surface area contributed by atoms with Gasteiger partial charge in [0, 0.05) is 11.6 Å². The lowest BCUT2D eigenvalue weighted by molar-refractivity contribution is 0.366. The quantitative estimate of drug-likeness (QED) is 0.457. The van der Waals surface area contributed by atoms with Crippen LogP contribution >= 0.6 is 0 Å². The van der Waals surface area contributed by atoms with Crippen LogP contribution in [0.3, 0.4) is 0 Å². The Balaban J connectivity index is -0.000000259. The smallest absolute Gasteiger partial charge is 0.418 e. The highest BCUT2D eigenvalue weighted by Crippen LogP contribution is 2.18. The van der Waals surface area contributed by atoms with Crippen LogP contribution < -0.4 is 0 Å². The molecule has 0 saturated carbocycles. The van der Waals surface area contributed by atoms with Crippen LogP contribution in [0.1, 0.15) is 26.5 Å². The SMILES string of the molecule is CC(C)(C)c1cc[nH]n1.F[B-](F)(F)F.F[B-](F)(F)F.F[B-](F)(F)F. The Hall–Kier alpha value is -1.44. The lowest BCUT2D eigenvalue weighted by atomic mass is 9.93. The standard InChI is InChI=1S/C7H12N2.3BF4/c1-7(2,3)6-4-5-8-9-6;3*2-1(3,4)5/h4-5H,1-3H3,(H,8,9);;;/q;3*-1. The van der Waals surface area contributed by atoms with Gasteiger partial charge in [-0.3, -0.25) is 5.10 Å². The minimum Gasteiger partial charge on any atom is -0.418 e. The molecule has 17 heteroatoms. The van der Waals surface area contributed by atoms with Crippen molar-refractivity contribution in [3.05, 3.63) is 18.0 Å². The zero-order valence-electron chi connectivity index (χ0n) is 12.4. The first-order valence-electron chi connectivity index (χ1n) is 5.73. The molecule has 0 atom stereocenters. The zero-order valence-corrected chi connectivity index (χ0v) is 12.4. The highest BCUT2D eigenvalue weighted by molar-refractivity contribution is 6.50. The number of rotatable bonds is 0. The molecule has 0 spiro atoms. The number of nitrogens with one attached hydrogen (secondary N) is 1. The van der Waals surface area contributed by atoms with Gasteiger partial charge in [0.05, 0.1) is 5.69 Å². The summed E-state index contributed by atoms with van der Waals surface area (Å²) in [6.07, 6.45) is 1.85. The van der Waals surface area contributed by atoms with E-state index in [2.05, 4.69) is 31.0 Å². The van der Waals surface area contributed by atoms with Crippen molar-refractivity contribution in [3.63, 3.8) is 0 Å². The van der Waals surface area contributed by atoms with Crippen molar-refractivity contribution in [1.29, 1.82) is 0 Å². The molecule has 0 unspecified atom stereocenters. The molecule has 1 rings (SSSR count). The Bertz CT molecular complexity index is 358. The summed E-state index contributed by atoms with van der Waals surface area (Å²) in [4.78, 5) is 0. The minimum atomic E-state index is -6.00. The third-order valence-corrected chi connectivity index (χ3v) is 1.27. The van der Waals surface area contributed by atoms with E-state index in [1.807, 2.05) is 12.3 Å². The molecule has 0 aromatic carbocycles. The maximum Gasteiger partial charge on any atom is 0.673 e. The van der Waals surface area contributed by atoms with E-state index in [4.69, 9.17) is 0 Å². The normalized spacial score (nSPS) is 12.0. The predicted octanol–water partition coefficient (Wildman–Crippen LogP) is 5.61. The van der Waals surface area contributed by atoms with Gasteiger partial charge >= 0.3 is 21.8 Å². The zero-order chi connectivity index (χ0) is 20.4. The number of aromatic nitrogens is 2. The van der Waals surface area contributed by atoms with Crippen LogP contribution in [0, 0.1) is 0 Å². The van der Waals surface area contributed by atoms with Crippen molar-refractivity contribution < 1.29 is 51.8 Å². The molecular weight excluding hydrogens is 373 g/mol. The number of nitrogens with zero attached hydrogens (tertiary/aromatic N) is 1. The van der Waals surface area contributed by atoms with Crippen LogP contribution in [0.2, 0.25) is 0 Å². The summed E-state index contributed by atoms with van der Waals surface area (Å²) in [5.74, 6) is 0. The first-order chi connectivity index (χ1) is 10.1. The molecule has 1 N–H and O–H groups in total. The molecule has 1 heterocycles. The maximum atomic E-state index is 9.75. The van der Waals surface area contributed by atoms with E-state index in [0.717, 1.165) is 5.69 Å². The second kappa shape index (κ2) is 10.4. The maximum absolute atomic E-state index is 9.75. The lowest BCUT2D eigenvalue weighted by Gasteiger charge is -2.13. The molecule has 0 aliphatic heterocycles. The van der Waals surface area contributed by atoms with Gasteiger partial charge in [0.1, 0.15) is 0 Å². The van der Waals surface area contributed by atoms with E-state index in [-0.39, 0.29) is 5.41 Å². The average Bonchev–Trinajstić information content (AvgIpc) is 2.58. The van der Waals surface area contributed by atoms with E-state index in [1.54, 1.807) is 0 Å². The van der Waals surface area contributed by atoms with E-state index in [9.17, 15) is 51.8 Å². The summed E-state index contributed by atoms with van der Waals surface area (Å²) in [6, 6.07) is 2.00. The summed E-state index contributed by atoms with van der Waals surface area (Å²) in [5.41, 5.74) is 1.29. The van der Waals surface area contributed by atoms with Gasteiger partial charge in [0.2, 0.25) is 0 Å². The Morgan fingerprint density at radius 2 is 0.958 bits per heavy atom. The van der Waals surface area contributed by atoms with Crippen molar-refractivity contribution in [2.45, 2.75) is 26.2 Å². The molecule has 0 amide bonds. The van der Waals surface area contributed by atoms with Crippen LogP contribution in [0.15, 0.2) is 12.3 Å². The number of aromatic amines is 1. The van der Waals surface area contributed by atoms with Crippen molar-refractivity contribution >= 4 is 21.8 Å². The van der Waals surface area contributed by atoms with Crippen molar-refractivity contribution in [2.24, 2.45) is 0 Å². The van der Waals surface area contributed by atoms with E-state index >= 15 is 0 Å². The Morgan fingerprint density at radius 3 is 1.04 bits per heavy atom. The molecule has 0 aliphatic rings. The lowest BCUT2D eigenvalue weighted by Crippen LogP contribution is -2.11. The number of H-pyrrole nitrogens is 1. The molecular formula is C7H12B3F12N2-3. The summed E-state index contributed by atoms with van der Waals surface area (Å²) in [6.45, 7) is 6.43. The van der Waals surface area contributed by atoms with Crippen LogP contribution in [-0.2, 0) is 5.41 Å². The van der Waals surface area contributed by atoms with Crippen LogP contribution in [0.4, 0.5) is 51.8 Å². The largest absolute Gasteiger partial charge is 0.673 e. The molecule has 0 radical (unpaired) electrons. The van der Waals surface area contributed by atoms with Gasteiger partial charge in [-0.15, -0.1) is 0 Å². The van der Waals surface area contributed by atoms with Crippen molar-refractivity contribution in [3.8, 4) is 0 Å². The van der Waals surface area contributed by atoms with Gasteiger partial charge in [0.25, 0.3) is 0 Å². The van der Waals surface area contributed by atoms with Crippen molar-refractivity contribution in [2.75, 3.05) is 0 Å². The molecule has 146 valence electrons. The molecule has 2 nitrogen and oxygen atoms in total. The van der Waals surface area contributed by atoms with Crippen LogP contribution in [0.25, 0.3) is 0 Å². The number of hydrogen-bond donors (Lipinski definition) is 1. The van der Waals surface area contributed by atoms with Gasteiger partial charge in [-0.05, 0) is 6.07 Å². The molecule has 1 aromatic heterocycles. The highest BCUT2D eigenvalue weighted by atomic mass is 19.5. The van der Waals surface area contributed by atoms with Gasteiger partial charge in [-0.1, -0.05) is 20.8 Å². The van der Waals surface area contributed by atoms with Crippen LogP contribution in [-0.4, -0.2) is 32.0 Å². The molecule has 0 aliphatic carbocycles. The molecule has 0 saturated heterocycles. The van der Waals surface area contributed by atoms with E-state index < -0.39 is 21.8 Å². The molecule has 0 bridgehead atoms. The molecule has 0 fully saturated rings. The third-order valence-electron chi connectivity index (χ3n) is 1.27. The second-order valence-electron chi connectivity index (χ2n) is 4.69. The fourth-order valence-corrected chi connectivity index (χ4v) is 0.678. The Kier molecular flexibility index (Phi) is 11.9. The van der Waals surface area contributed by atoms with E-state index in [0.29, 0.717) is 0 Å². The molecule has 1 aromatic rings. The van der Waals surface area contributed by atoms with Gasteiger partial charge in [-0.25, -0.2) is 0 Å². The minimum absolute atomic E-state index is 0.181. The highest BCUT2D eigenvalue weighted by Gasteiger charge is 2.21. The first-order valence-corrected chi connectivity index (χ1v) is 5.73. The summed E-state index contributed by atoms with van der Waals surface area (Å²) in [7, 11) is -18.0. The fourth-order valence-electron chi connectivity index (χ4n) is 0.678. The van der Waals surface area contributed by atoms with Gasteiger partial charge < -0.3 is 51.8 Å². The molecule has 24 heavy (non-hydrogen) atoms. The fraction of sp³-hybridized carbons (Fsp3) is 0.571.